The predicted molar refractivity (Wildman–Crippen MR) is 134 cm³/mol. The Kier molecular flexibility index (Phi) is 5.85. The van der Waals surface area contributed by atoms with E-state index in [-0.39, 0.29) is 0 Å². The fraction of sp³-hybridized carbons (Fsp3) is 0.345. The molecule has 166 valence electrons. The number of imidazole rings is 1. The van der Waals surface area contributed by atoms with Gasteiger partial charge < -0.3 is 4.57 Å². The maximum absolute atomic E-state index is 2.41. The van der Waals surface area contributed by atoms with Crippen LogP contribution in [0.3, 0.4) is 0 Å². The first-order valence-corrected chi connectivity index (χ1v) is 11.7. The molecule has 0 radical (unpaired) electrons. The maximum atomic E-state index is 2.41. The first kappa shape index (κ1) is 22.1. The van der Waals surface area contributed by atoms with Crippen LogP contribution in [-0.2, 0) is 7.05 Å². The molecule has 0 aliphatic heterocycles. The van der Waals surface area contributed by atoms with Gasteiger partial charge in [0.15, 0.2) is 0 Å². The number of aromatic nitrogens is 3. The summed E-state index contributed by atoms with van der Waals surface area (Å²) in [5.41, 5.74) is 10.4. The maximum Gasteiger partial charge on any atom is 0.294 e. The van der Waals surface area contributed by atoms with Gasteiger partial charge in [-0.1, -0.05) is 45.9 Å². The molecular formula is C29H36N3+. The van der Waals surface area contributed by atoms with Crippen molar-refractivity contribution in [3.8, 4) is 22.8 Å². The molecule has 0 amide bonds. The Labute approximate surface area is 193 Å². The van der Waals surface area contributed by atoms with Crippen molar-refractivity contribution < 1.29 is 4.57 Å². The lowest BCUT2D eigenvalue weighted by atomic mass is 9.91. The highest BCUT2D eigenvalue weighted by atomic mass is 15.1. The third kappa shape index (κ3) is 3.70. The second-order valence-corrected chi connectivity index (χ2v) is 9.65. The van der Waals surface area contributed by atoms with E-state index >= 15 is 0 Å². The van der Waals surface area contributed by atoms with Crippen molar-refractivity contribution in [1.29, 1.82) is 0 Å². The number of rotatable bonds is 5. The Bertz CT molecular complexity index is 1220. The van der Waals surface area contributed by atoms with Gasteiger partial charge in [0.05, 0.1) is 12.6 Å². The fourth-order valence-corrected chi connectivity index (χ4v) is 4.83. The van der Waals surface area contributed by atoms with Crippen LogP contribution in [-0.4, -0.2) is 9.13 Å². The molecule has 0 unspecified atom stereocenters. The molecule has 0 saturated heterocycles. The molecule has 4 rings (SSSR count). The standard InChI is InChI=1S/C29H36N3/c1-19(2)26-17-24(32-22(6)13-14-23(32)7)18-27(20(3)4)28(26)31-16-15-30(8)29(31)25-12-10-9-11-21(25)5/h9-20H,1-8H3/q+1. The molecule has 2 aromatic heterocycles. The summed E-state index contributed by atoms with van der Waals surface area (Å²) in [5, 5.41) is 0. The lowest BCUT2D eigenvalue weighted by Gasteiger charge is -2.21. The minimum Gasteiger partial charge on any atom is -0.318 e. The summed E-state index contributed by atoms with van der Waals surface area (Å²) in [7, 11) is 2.14. The first-order valence-electron chi connectivity index (χ1n) is 11.7. The van der Waals surface area contributed by atoms with E-state index in [9.17, 15) is 0 Å². The summed E-state index contributed by atoms with van der Waals surface area (Å²) in [5.74, 6) is 2.01. The minimum atomic E-state index is 0.399. The molecule has 0 saturated carbocycles. The highest BCUT2D eigenvalue weighted by molar-refractivity contribution is 5.65. The van der Waals surface area contributed by atoms with Crippen molar-refractivity contribution in [2.75, 3.05) is 0 Å². The van der Waals surface area contributed by atoms with Crippen molar-refractivity contribution in [1.82, 2.24) is 9.13 Å². The smallest absolute Gasteiger partial charge is 0.294 e. The topological polar surface area (TPSA) is 13.7 Å². The van der Waals surface area contributed by atoms with Crippen LogP contribution in [0.15, 0.2) is 60.9 Å². The number of hydrogen-bond acceptors (Lipinski definition) is 0. The molecule has 2 aromatic carbocycles. The van der Waals surface area contributed by atoms with Gasteiger partial charge in [-0.05, 0) is 68.5 Å². The number of nitrogens with zero attached hydrogens (tertiary/aromatic N) is 3. The van der Waals surface area contributed by atoms with Crippen molar-refractivity contribution in [3.63, 3.8) is 0 Å². The highest BCUT2D eigenvalue weighted by Crippen LogP contribution is 2.36. The average Bonchev–Trinajstić information content (AvgIpc) is 3.28. The van der Waals surface area contributed by atoms with Gasteiger partial charge >= 0.3 is 0 Å². The van der Waals surface area contributed by atoms with E-state index in [1.165, 1.54) is 50.8 Å². The summed E-state index contributed by atoms with van der Waals surface area (Å²) >= 11 is 0. The van der Waals surface area contributed by atoms with Gasteiger partial charge in [-0.2, -0.15) is 4.57 Å². The van der Waals surface area contributed by atoms with Crippen LogP contribution in [0, 0.1) is 20.8 Å². The normalized spacial score (nSPS) is 11.7. The molecule has 0 bridgehead atoms. The van der Waals surface area contributed by atoms with Gasteiger partial charge in [-0.25, -0.2) is 4.57 Å². The number of aryl methyl sites for hydroxylation is 4. The second kappa shape index (κ2) is 8.46. The Balaban J connectivity index is 2.06. The summed E-state index contributed by atoms with van der Waals surface area (Å²) in [6, 6.07) is 17.9. The van der Waals surface area contributed by atoms with Crippen molar-refractivity contribution in [2.45, 2.75) is 60.3 Å². The SMILES string of the molecule is Cc1ccccc1-c1n(-c2c(C(C)C)cc(-n3c(C)ccc3C)cc2C(C)C)cc[n+]1C. The van der Waals surface area contributed by atoms with Crippen LogP contribution < -0.4 is 4.57 Å². The molecule has 0 fully saturated rings. The van der Waals surface area contributed by atoms with E-state index in [0.29, 0.717) is 11.8 Å². The Morgan fingerprint density at radius 3 is 1.88 bits per heavy atom. The molecule has 0 spiro atoms. The van der Waals surface area contributed by atoms with Gasteiger partial charge in [0.1, 0.15) is 18.1 Å². The Hall–Kier alpha value is -3.07. The largest absolute Gasteiger partial charge is 0.318 e. The van der Waals surface area contributed by atoms with Crippen molar-refractivity contribution in [2.24, 2.45) is 7.05 Å². The summed E-state index contributed by atoms with van der Waals surface area (Å²) in [6.45, 7) is 15.8. The van der Waals surface area contributed by atoms with Gasteiger partial charge in [0.2, 0.25) is 0 Å². The van der Waals surface area contributed by atoms with Crippen LogP contribution >= 0.6 is 0 Å². The molecule has 3 nitrogen and oxygen atoms in total. The molecule has 0 N–H and O–H groups in total. The number of hydrogen-bond donors (Lipinski definition) is 0. The lowest BCUT2D eigenvalue weighted by molar-refractivity contribution is -0.659. The third-order valence-corrected chi connectivity index (χ3v) is 6.56. The van der Waals surface area contributed by atoms with E-state index < -0.39 is 0 Å². The van der Waals surface area contributed by atoms with Gasteiger partial charge in [0.25, 0.3) is 5.82 Å². The van der Waals surface area contributed by atoms with E-state index in [2.05, 4.69) is 130 Å². The fourth-order valence-electron chi connectivity index (χ4n) is 4.83. The van der Waals surface area contributed by atoms with Crippen molar-refractivity contribution in [3.05, 3.63) is 89.0 Å². The van der Waals surface area contributed by atoms with Crippen LogP contribution in [0.2, 0.25) is 0 Å². The predicted octanol–water partition coefficient (Wildman–Crippen LogP) is 6.93. The highest BCUT2D eigenvalue weighted by Gasteiger charge is 2.27. The van der Waals surface area contributed by atoms with E-state index in [1.807, 2.05) is 0 Å². The molecule has 0 aliphatic carbocycles. The summed E-state index contributed by atoms with van der Waals surface area (Å²) in [4.78, 5) is 0. The van der Waals surface area contributed by atoms with Crippen LogP contribution in [0.4, 0.5) is 0 Å². The zero-order valence-electron chi connectivity index (χ0n) is 20.8. The van der Waals surface area contributed by atoms with Crippen LogP contribution in [0.5, 0.6) is 0 Å². The van der Waals surface area contributed by atoms with Gasteiger partial charge in [0, 0.05) is 28.2 Å². The summed E-state index contributed by atoms with van der Waals surface area (Å²) < 4.78 is 7.02. The average molecular weight is 427 g/mol. The quantitative estimate of drug-likeness (QED) is 0.307. The Morgan fingerprint density at radius 1 is 0.781 bits per heavy atom. The molecule has 3 heteroatoms. The molecule has 32 heavy (non-hydrogen) atoms. The number of benzene rings is 2. The zero-order valence-corrected chi connectivity index (χ0v) is 20.8. The Morgan fingerprint density at radius 2 is 1.34 bits per heavy atom. The van der Waals surface area contributed by atoms with E-state index in [4.69, 9.17) is 0 Å². The second-order valence-electron chi connectivity index (χ2n) is 9.65. The van der Waals surface area contributed by atoms with Crippen molar-refractivity contribution >= 4 is 0 Å². The molecular weight excluding hydrogens is 390 g/mol. The van der Waals surface area contributed by atoms with E-state index in [0.717, 1.165) is 0 Å². The molecule has 4 aromatic rings. The lowest BCUT2D eigenvalue weighted by Crippen LogP contribution is -2.29. The first-order chi connectivity index (χ1) is 15.2. The van der Waals surface area contributed by atoms with E-state index in [1.54, 1.807) is 0 Å². The van der Waals surface area contributed by atoms with Crippen LogP contribution in [0.1, 0.15) is 67.6 Å². The summed E-state index contributed by atoms with van der Waals surface area (Å²) in [6.07, 6.45) is 4.39. The van der Waals surface area contributed by atoms with Gasteiger partial charge in [-0.15, -0.1) is 0 Å². The van der Waals surface area contributed by atoms with Gasteiger partial charge in [-0.3, -0.25) is 0 Å². The molecule has 0 atom stereocenters. The minimum absolute atomic E-state index is 0.399. The molecule has 0 aliphatic rings. The zero-order chi connectivity index (χ0) is 23.2. The third-order valence-electron chi connectivity index (χ3n) is 6.56. The monoisotopic (exact) mass is 426 g/mol. The molecule has 2 heterocycles. The van der Waals surface area contributed by atoms with Crippen LogP contribution in [0.25, 0.3) is 22.8 Å².